The van der Waals surface area contributed by atoms with Gasteiger partial charge >= 0.3 is 0 Å². The van der Waals surface area contributed by atoms with Gasteiger partial charge in [0.1, 0.15) is 0 Å². The van der Waals surface area contributed by atoms with Crippen LogP contribution in [-0.4, -0.2) is 50.0 Å². The number of rotatable bonds is 5. The van der Waals surface area contributed by atoms with Crippen LogP contribution in [-0.2, 0) is 0 Å². The van der Waals surface area contributed by atoms with Crippen molar-refractivity contribution < 1.29 is 4.79 Å². The standard InChI is InChI=1S/C14H22N6O.2ClH/c1-9(2)11(15)6-8-19(4)13(21)12-17-14-16-7-5-10(3)20(14)18-12;;/h5,7,9,11H,6,8,15H2,1-4H3;2*1H. The maximum absolute atomic E-state index is 12.3. The van der Waals surface area contributed by atoms with Gasteiger partial charge in [-0.15, -0.1) is 29.9 Å². The average Bonchev–Trinajstić information content (AvgIpc) is 2.88. The lowest BCUT2D eigenvalue weighted by Crippen LogP contribution is -2.35. The summed E-state index contributed by atoms with van der Waals surface area (Å²) >= 11 is 0. The summed E-state index contributed by atoms with van der Waals surface area (Å²) in [6.45, 7) is 6.62. The van der Waals surface area contributed by atoms with Gasteiger partial charge in [0.05, 0.1) is 0 Å². The number of nitrogens with zero attached hydrogens (tertiary/aromatic N) is 5. The van der Waals surface area contributed by atoms with Gasteiger partial charge in [0, 0.05) is 31.5 Å². The number of hydrogen-bond donors (Lipinski definition) is 1. The number of fused-ring (bicyclic) bond motifs is 1. The second kappa shape index (κ2) is 9.00. The summed E-state index contributed by atoms with van der Waals surface area (Å²) in [5, 5.41) is 4.22. The molecule has 0 aliphatic rings. The van der Waals surface area contributed by atoms with Gasteiger partial charge in [0.2, 0.25) is 5.82 Å². The zero-order valence-electron chi connectivity index (χ0n) is 13.8. The zero-order valence-corrected chi connectivity index (χ0v) is 15.4. The molecule has 2 aromatic rings. The van der Waals surface area contributed by atoms with Crippen molar-refractivity contribution in [2.75, 3.05) is 13.6 Å². The minimum Gasteiger partial charge on any atom is -0.339 e. The Kier molecular flexibility index (Phi) is 8.44. The van der Waals surface area contributed by atoms with E-state index in [2.05, 4.69) is 28.9 Å². The molecule has 0 aliphatic heterocycles. The third-order valence-electron chi connectivity index (χ3n) is 3.62. The quantitative estimate of drug-likeness (QED) is 0.874. The summed E-state index contributed by atoms with van der Waals surface area (Å²) in [5.41, 5.74) is 6.89. The molecule has 0 saturated heterocycles. The molecule has 2 rings (SSSR count). The number of hydrogen-bond acceptors (Lipinski definition) is 5. The molecule has 9 heteroatoms. The first kappa shape index (κ1) is 21.6. The minimum absolute atomic E-state index is 0. The number of carbonyl (C=O) groups excluding carboxylic acids is 1. The molecular formula is C14H24Cl2N6O. The topological polar surface area (TPSA) is 89.4 Å². The van der Waals surface area contributed by atoms with Gasteiger partial charge in [-0.2, -0.15) is 4.98 Å². The lowest BCUT2D eigenvalue weighted by atomic mass is 10.0. The van der Waals surface area contributed by atoms with Crippen LogP contribution in [0.1, 0.15) is 36.6 Å². The van der Waals surface area contributed by atoms with E-state index in [4.69, 9.17) is 5.73 Å². The van der Waals surface area contributed by atoms with Gasteiger partial charge < -0.3 is 10.6 Å². The highest BCUT2D eigenvalue weighted by atomic mass is 35.5. The second-order valence-electron chi connectivity index (χ2n) is 5.66. The molecule has 0 aromatic carbocycles. The summed E-state index contributed by atoms with van der Waals surface area (Å²) in [6.07, 6.45) is 2.41. The third kappa shape index (κ3) is 5.02. The van der Waals surface area contributed by atoms with Crippen LogP contribution in [0.3, 0.4) is 0 Å². The average molecular weight is 363 g/mol. The van der Waals surface area contributed by atoms with Crippen molar-refractivity contribution in [2.24, 2.45) is 11.7 Å². The fourth-order valence-electron chi connectivity index (χ4n) is 1.95. The molecule has 0 bridgehead atoms. The van der Waals surface area contributed by atoms with Crippen molar-refractivity contribution in [1.29, 1.82) is 0 Å². The van der Waals surface area contributed by atoms with Crippen LogP contribution in [0.5, 0.6) is 0 Å². The molecule has 2 N–H and O–H groups in total. The fourth-order valence-corrected chi connectivity index (χ4v) is 1.95. The number of aromatic nitrogens is 4. The maximum atomic E-state index is 12.3. The summed E-state index contributed by atoms with van der Waals surface area (Å²) in [7, 11) is 1.74. The predicted octanol–water partition coefficient (Wildman–Crippen LogP) is 1.72. The van der Waals surface area contributed by atoms with Crippen LogP contribution < -0.4 is 5.73 Å². The Balaban J connectivity index is 0.00000242. The van der Waals surface area contributed by atoms with Crippen LogP contribution in [0.2, 0.25) is 0 Å². The molecule has 2 heterocycles. The first-order valence-corrected chi connectivity index (χ1v) is 7.09. The summed E-state index contributed by atoms with van der Waals surface area (Å²) < 4.78 is 1.57. The number of aryl methyl sites for hydroxylation is 1. The zero-order chi connectivity index (χ0) is 15.6. The third-order valence-corrected chi connectivity index (χ3v) is 3.62. The van der Waals surface area contributed by atoms with Crippen molar-refractivity contribution in [1.82, 2.24) is 24.5 Å². The Labute approximate surface area is 148 Å². The van der Waals surface area contributed by atoms with Gasteiger partial charge in [0.15, 0.2) is 0 Å². The Morgan fingerprint density at radius 3 is 2.61 bits per heavy atom. The van der Waals surface area contributed by atoms with Crippen LogP contribution in [0.25, 0.3) is 5.78 Å². The normalized spacial score (nSPS) is 11.7. The summed E-state index contributed by atoms with van der Waals surface area (Å²) in [4.78, 5) is 22.2. The SMILES string of the molecule is Cc1ccnc2nc(C(=O)N(C)CCC(N)C(C)C)nn12.Cl.Cl. The number of nitrogens with two attached hydrogens (primary N) is 1. The van der Waals surface area contributed by atoms with Gasteiger partial charge in [-0.05, 0) is 25.3 Å². The van der Waals surface area contributed by atoms with Gasteiger partial charge in [-0.1, -0.05) is 13.8 Å². The molecule has 0 fully saturated rings. The smallest absolute Gasteiger partial charge is 0.293 e. The number of carbonyl (C=O) groups is 1. The molecule has 0 saturated carbocycles. The van der Waals surface area contributed by atoms with E-state index in [0.29, 0.717) is 18.2 Å². The molecule has 0 radical (unpaired) electrons. The van der Waals surface area contributed by atoms with Crippen LogP contribution in [0.4, 0.5) is 0 Å². The molecule has 7 nitrogen and oxygen atoms in total. The highest BCUT2D eigenvalue weighted by molar-refractivity contribution is 5.90. The Bertz CT molecular complexity index is 645. The minimum atomic E-state index is -0.212. The van der Waals surface area contributed by atoms with Crippen LogP contribution in [0, 0.1) is 12.8 Å². The summed E-state index contributed by atoms with van der Waals surface area (Å²) in [6, 6.07) is 1.90. The van der Waals surface area contributed by atoms with E-state index in [1.54, 1.807) is 22.7 Å². The molecule has 130 valence electrons. The van der Waals surface area contributed by atoms with Gasteiger partial charge in [-0.25, -0.2) is 9.50 Å². The van der Waals surface area contributed by atoms with E-state index in [9.17, 15) is 4.79 Å². The largest absolute Gasteiger partial charge is 0.339 e. The molecule has 1 unspecified atom stereocenters. The Hall–Kier alpha value is -1.44. The van der Waals surface area contributed by atoms with E-state index in [-0.39, 0.29) is 42.6 Å². The van der Waals surface area contributed by atoms with E-state index in [1.165, 1.54) is 0 Å². The Morgan fingerprint density at radius 2 is 2.04 bits per heavy atom. The second-order valence-corrected chi connectivity index (χ2v) is 5.66. The first-order valence-electron chi connectivity index (χ1n) is 7.09. The molecule has 0 spiro atoms. The lowest BCUT2D eigenvalue weighted by molar-refractivity contribution is 0.0777. The molecular weight excluding hydrogens is 339 g/mol. The monoisotopic (exact) mass is 362 g/mol. The van der Waals surface area contributed by atoms with Crippen molar-refractivity contribution in [3.05, 3.63) is 23.8 Å². The molecule has 2 aromatic heterocycles. The van der Waals surface area contributed by atoms with E-state index in [1.807, 2.05) is 13.0 Å². The summed E-state index contributed by atoms with van der Waals surface area (Å²) in [5.74, 6) is 0.785. The number of amides is 1. The molecule has 0 aliphatic carbocycles. The molecule has 1 atom stereocenters. The maximum Gasteiger partial charge on any atom is 0.293 e. The van der Waals surface area contributed by atoms with Crippen molar-refractivity contribution in [3.63, 3.8) is 0 Å². The highest BCUT2D eigenvalue weighted by Crippen LogP contribution is 2.07. The van der Waals surface area contributed by atoms with Crippen molar-refractivity contribution in [3.8, 4) is 0 Å². The van der Waals surface area contributed by atoms with Crippen LogP contribution >= 0.6 is 24.8 Å². The van der Waals surface area contributed by atoms with E-state index in [0.717, 1.165) is 12.1 Å². The molecule has 1 amide bonds. The van der Waals surface area contributed by atoms with Gasteiger partial charge in [0.25, 0.3) is 11.7 Å². The fraction of sp³-hybridized carbons (Fsp3) is 0.571. The lowest BCUT2D eigenvalue weighted by Gasteiger charge is -2.20. The van der Waals surface area contributed by atoms with E-state index >= 15 is 0 Å². The predicted molar refractivity (Wildman–Crippen MR) is 94.4 cm³/mol. The van der Waals surface area contributed by atoms with Crippen molar-refractivity contribution >= 4 is 36.5 Å². The van der Waals surface area contributed by atoms with Crippen molar-refractivity contribution in [2.45, 2.75) is 33.2 Å². The van der Waals surface area contributed by atoms with Crippen LogP contribution in [0.15, 0.2) is 12.3 Å². The van der Waals surface area contributed by atoms with E-state index < -0.39 is 0 Å². The Morgan fingerprint density at radius 1 is 1.39 bits per heavy atom. The number of halogens is 2. The first-order chi connectivity index (χ1) is 9.90. The van der Waals surface area contributed by atoms with Gasteiger partial charge in [-0.3, -0.25) is 4.79 Å². The molecule has 23 heavy (non-hydrogen) atoms. The highest BCUT2D eigenvalue weighted by Gasteiger charge is 2.19.